The average Bonchev–Trinajstić information content (AvgIpc) is 2.16. The standard InChI is InChI=1S/C8H18N4O2/c1-11-6(7(13)14-2)4-3-5-12-8(9)10/h6,11H,3-5H2,1-2H3,(H4,9,10,12)/p+1. The van der Waals surface area contributed by atoms with Crippen molar-refractivity contribution in [2.45, 2.75) is 18.9 Å². The molecule has 0 bridgehead atoms. The van der Waals surface area contributed by atoms with Crippen molar-refractivity contribution in [1.82, 2.24) is 5.32 Å². The first-order valence-corrected chi connectivity index (χ1v) is 4.48. The highest BCUT2D eigenvalue weighted by Gasteiger charge is 2.15. The van der Waals surface area contributed by atoms with Crippen LogP contribution in [0.15, 0.2) is 0 Å². The fraction of sp³-hybridized carbons (Fsp3) is 0.750. The van der Waals surface area contributed by atoms with Gasteiger partial charge in [0.15, 0.2) is 0 Å². The second kappa shape index (κ2) is 7.14. The topological polar surface area (TPSA) is 104 Å². The lowest BCUT2D eigenvalue weighted by Crippen LogP contribution is -2.78. The molecule has 6 nitrogen and oxygen atoms in total. The molecule has 14 heavy (non-hydrogen) atoms. The zero-order valence-corrected chi connectivity index (χ0v) is 8.67. The molecule has 0 aliphatic carbocycles. The quantitative estimate of drug-likeness (QED) is 0.158. The molecule has 1 atom stereocenters. The van der Waals surface area contributed by atoms with Crippen LogP contribution in [0.2, 0.25) is 0 Å². The molecule has 0 aromatic carbocycles. The molecule has 0 fully saturated rings. The fourth-order valence-corrected chi connectivity index (χ4v) is 1.06. The highest BCUT2D eigenvalue weighted by atomic mass is 16.5. The van der Waals surface area contributed by atoms with E-state index in [1.807, 2.05) is 0 Å². The van der Waals surface area contributed by atoms with Crippen LogP contribution in [0.1, 0.15) is 12.8 Å². The number of methoxy groups -OCH3 is 1. The Hall–Kier alpha value is -1.30. The van der Waals surface area contributed by atoms with Gasteiger partial charge < -0.3 is 10.1 Å². The van der Waals surface area contributed by atoms with E-state index in [0.717, 1.165) is 6.42 Å². The molecule has 1 unspecified atom stereocenters. The van der Waals surface area contributed by atoms with Gasteiger partial charge in [-0.2, -0.15) is 0 Å². The van der Waals surface area contributed by atoms with E-state index in [1.54, 1.807) is 7.05 Å². The van der Waals surface area contributed by atoms with E-state index in [1.165, 1.54) is 7.11 Å². The normalized spacial score (nSPS) is 11.9. The Morgan fingerprint density at radius 1 is 1.57 bits per heavy atom. The number of carbonyl (C=O) groups is 1. The van der Waals surface area contributed by atoms with Gasteiger partial charge >= 0.3 is 11.9 Å². The lowest BCUT2D eigenvalue weighted by molar-refractivity contribution is -0.459. The molecule has 0 saturated carbocycles. The molecule has 6 heteroatoms. The Balaban J connectivity index is 3.74. The number of hydrogen-bond donors (Lipinski definition) is 4. The second-order valence-corrected chi connectivity index (χ2v) is 2.89. The highest BCUT2D eigenvalue weighted by molar-refractivity contribution is 5.75. The smallest absolute Gasteiger partial charge is 0.338 e. The minimum absolute atomic E-state index is 0.198. The predicted molar refractivity (Wildman–Crippen MR) is 53.3 cm³/mol. The maximum atomic E-state index is 11.1. The van der Waals surface area contributed by atoms with E-state index in [9.17, 15) is 4.79 Å². The number of rotatable bonds is 6. The molecule has 0 aromatic heterocycles. The number of likely N-dealkylation sites (N-methyl/N-ethyl adjacent to an activating group) is 1. The van der Waals surface area contributed by atoms with Gasteiger partial charge in [0.25, 0.3) is 0 Å². The lowest BCUT2D eigenvalue weighted by Gasteiger charge is -2.11. The summed E-state index contributed by atoms with van der Waals surface area (Å²) >= 11 is 0. The molecular weight excluding hydrogens is 184 g/mol. The van der Waals surface area contributed by atoms with Gasteiger partial charge in [0.1, 0.15) is 6.04 Å². The van der Waals surface area contributed by atoms with Crippen LogP contribution in [0, 0.1) is 0 Å². The first-order valence-electron chi connectivity index (χ1n) is 4.48. The third-order valence-electron chi connectivity index (χ3n) is 1.83. The Morgan fingerprint density at radius 3 is 2.64 bits per heavy atom. The van der Waals surface area contributed by atoms with Gasteiger partial charge in [-0.3, -0.25) is 21.3 Å². The Morgan fingerprint density at radius 2 is 2.21 bits per heavy atom. The molecule has 0 aliphatic rings. The fourth-order valence-electron chi connectivity index (χ4n) is 1.06. The van der Waals surface area contributed by atoms with Gasteiger partial charge in [-0.05, 0) is 19.9 Å². The van der Waals surface area contributed by atoms with E-state index in [0.29, 0.717) is 13.0 Å². The summed E-state index contributed by atoms with van der Waals surface area (Å²) in [4.78, 5) is 13.9. The van der Waals surface area contributed by atoms with E-state index in [4.69, 9.17) is 11.5 Å². The molecule has 0 heterocycles. The number of nitrogens with two attached hydrogens (primary N) is 2. The monoisotopic (exact) mass is 203 g/mol. The predicted octanol–water partition coefficient (Wildman–Crippen LogP) is -3.12. The summed E-state index contributed by atoms with van der Waals surface area (Å²) in [7, 11) is 3.09. The third kappa shape index (κ3) is 5.36. The summed E-state index contributed by atoms with van der Waals surface area (Å²) in [6, 6.07) is -0.263. The van der Waals surface area contributed by atoms with Gasteiger partial charge in [0, 0.05) is 0 Å². The second-order valence-electron chi connectivity index (χ2n) is 2.89. The molecule has 0 amide bonds. The zero-order valence-electron chi connectivity index (χ0n) is 8.67. The number of esters is 1. The van der Waals surface area contributed by atoms with Crippen LogP contribution in [0.3, 0.4) is 0 Å². The van der Waals surface area contributed by atoms with E-state index in [2.05, 4.69) is 15.0 Å². The summed E-state index contributed by atoms with van der Waals surface area (Å²) in [6.07, 6.45) is 1.47. The van der Waals surface area contributed by atoms with Crippen LogP contribution in [0.4, 0.5) is 0 Å². The lowest BCUT2D eigenvalue weighted by atomic mass is 10.1. The van der Waals surface area contributed by atoms with Gasteiger partial charge in [-0.25, -0.2) is 0 Å². The van der Waals surface area contributed by atoms with Crippen LogP contribution < -0.4 is 21.8 Å². The molecule has 0 rings (SSSR count). The third-order valence-corrected chi connectivity index (χ3v) is 1.83. The molecule has 82 valence electrons. The minimum atomic E-state index is -0.263. The van der Waals surface area contributed by atoms with Crippen molar-refractivity contribution in [3.05, 3.63) is 0 Å². The molecule has 0 spiro atoms. The SMILES string of the molecule is CNC(CCC[NH+]=C(N)N)C(=O)OC. The van der Waals surface area contributed by atoms with Crippen molar-refractivity contribution < 1.29 is 14.5 Å². The average molecular weight is 203 g/mol. The minimum Gasteiger partial charge on any atom is -0.468 e. The van der Waals surface area contributed by atoms with E-state index >= 15 is 0 Å². The van der Waals surface area contributed by atoms with Crippen LogP contribution in [0.25, 0.3) is 0 Å². The summed E-state index contributed by atoms with van der Waals surface area (Å²) in [5.41, 5.74) is 10.4. The first kappa shape index (κ1) is 12.7. The summed E-state index contributed by atoms with van der Waals surface area (Å²) in [5.74, 6) is -0.0544. The zero-order chi connectivity index (χ0) is 11.0. The van der Waals surface area contributed by atoms with Gasteiger partial charge in [0.05, 0.1) is 13.7 Å². The molecule has 0 aromatic rings. The van der Waals surface area contributed by atoms with Gasteiger partial charge in [-0.15, -0.1) is 0 Å². The van der Waals surface area contributed by atoms with Crippen LogP contribution >= 0.6 is 0 Å². The maximum Gasteiger partial charge on any atom is 0.338 e. The van der Waals surface area contributed by atoms with Gasteiger partial charge in [0.2, 0.25) is 0 Å². The Labute approximate surface area is 83.7 Å². The van der Waals surface area contributed by atoms with E-state index < -0.39 is 0 Å². The highest BCUT2D eigenvalue weighted by Crippen LogP contribution is 1.96. The number of ether oxygens (including phenoxy) is 1. The van der Waals surface area contributed by atoms with Crippen molar-refractivity contribution in [2.24, 2.45) is 11.5 Å². The number of guanidine groups is 1. The van der Waals surface area contributed by atoms with Crippen molar-refractivity contribution in [3.63, 3.8) is 0 Å². The summed E-state index contributed by atoms with van der Waals surface area (Å²) in [5, 5.41) is 2.87. The summed E-state index contributed by atoms with van der Waals surface area (Å²) in [6.45, 7) is 0.650. The number of hydrogen-bond acceptors (Lipinski definition) is 3. The van der Waals surface area contributed by atoms with Crippen LogP contribution in [-0.4, -0.2) is 38.7 Å². The summed E-state index contributed by atoms with van der Waals surface area (Å²) < 4.78 is 4.60. The number of carbonyl (C=O) groups excluding carboxylic acids is 1. The van der Waals surface area contributed by atoms with E-state index in [-0.39, 0.29) is 18.0 Å². The molecule has 0 saturated heterocycles. The number of nitrogens with one attached hydrogen (secondary N) is 2. The van der Waals surface area contributed by atoms with Crippen LogP contribution in [0.5, 0.6) is 0 Å². The first-order chi connectivity index (χ1) is 6.61. The van der Waals surface area contributed by atoms with Crippen molar-refractivity contribution in [2.75, 3.05) is 20.7 Å². The molecule has 0 aliphatic heterocycles. The molecule has 0 radical (unpaired) electrons. The van der Waals surface area contributed by atoms with Crippen molar-refractivity contribution in [3.8, 4) is 0 Å². The Kier molecular flexibility index (Phi) is 6.47. The largest absolute Gasteiger partial charge is 0.468 e. The maximum absolute atomic E-state index is 11.1. The Bertz CT molecular complexity index is 202. The van der Waals surface area contributed by atoms with Crippen LogP contribution in [-0.2, 0) is 9.53 Å². The van der Waals surface area contributed by atoms with Crippen molar-refractivity contribution >= 4 is 11.9 Å². The van der Waals surface area contributed by atoms with Crippen molar-refractivity contribution in [1.29, 1.82) is 0 Å². The van der Waals surface area contributed by atoms with Gasteiger partial charge in [-0.1, -0.05) is 0 Å². The molecule has 6 N–H and O–H groups in total. The molecular formula is C8H19N4O2+.